The first kappa shape index (κ1) is 18.6. The second-order valence-electron chi connectivity index (χ2n) is 6.43. The number of carbonyl (C=O) groups is 1. The molecule has 2 aromatic rings. The topological polar surface area (TPSA) is 36.8 Å². The number of hydrogen-bond acceptors (Lipinski definition) is 2. The molecule has 1 amide bonds. The van der Waals surface area contributed by atoms with Gasteiger partial charge in [0, 0.05) is 10.7 Å². The Morgan fingerprint density at radius 3 is 2.38 bits per heavy atom. The normalized spacial score (nSPS) is 16.4. The summed E-state index contributed by atoms with van der Waals surface area (Å²) < 4.78 is 27.4. The van der Waals surface area contributed by atoms with E-state index in [1.165, 1.54) is 6.07 Å². The zero-order chi connectivity index (χ0) is 18.7. The Hall–Kier alpha value is -2.18. The van der Waals surface area contributed by atoms with Gasteiger partial charge in [0.15, 0.2) is 6.04 Å². The van der Waals surface area contributed by atoms with Gasteiger partial charge in [0.2, 0.25) is 0 Å². The van der Waals surface area contributed by atoms with Crippen molar-refractivity contribution in [2.75, 3.05) is 36.4 Å². The smallest absolute Gasteiger partial charge is 0.282 e. The fourth-order valence-corrected chi connectivity index (χ4v) is 3.38. The minimum atomic E-state index is -0.772. The van der Waals surface area contributed by atoms with E-state index in [0.29, 0.717) is 5.02 Å². The molecule has 2 N–H and O–H groups in total. The Labute approximate surface area is 156 Å². The molecule has 3 rings (SSSR count). The van der Waals surface area contributed by atoms with Crippen LogP contribution >= 0.6 is 11.6 Å². The van der Waals surface area contributed by atoms with Crippen molar-refractivity contribution in [1.82, 2.24) is 0 Å². The molecule has 1 atom stereocenters. The highest BCUT2D eigenvalue weighted by molar-refractivity contribution is 6.30. The first-order valence-corrected chi connectivity index (χ1v) is 8.93. The summed E-state index contributed by atoms with van der Waals surface area (Å²) in [6.07, 6.45) is 0. The standard InChI is InChI=1S/C19H20ClF2N3O/c1-13(19(26)23-18-16(21)6-3-7-17(18)22)24-8-10-25(11-9-24)15-5-2-4-14(20)12-15/h2-7,12-13H,8-11H2,1H3,(H,23,26)/p+1/t13-/m1/s1. The molecule has 1 aliphatic heterocycles. The van der Waals surface area contributed by atoms with Gasteiger partial charge in [0.05, 0.1) is 26.2 Å². The summed E-state index contributed by atoms with van der Waals surface area (Å²) in [6, 6.07) is 10.8. The molecule has 0 bridgehead atoms. The number of benzene rings is 2. The van der Waals surface area contributed by atoms with Gasteiger partial charge >= 0.3 is 0 Å². The average molecular weight is 381 g/mol. The van der Waals surface area contributed by atoms with Crippen molar-refractivity contribution in [2.45, 2.75) is 13.0 Å². The highest BCUT2D eigenvalue weighted by Crippen LogP contribution is 2.20. The quantitative estimate of drug-likeness (QED) is 0.854. The van der Waals surface area contributed by atoms with Crippen LogP contribution in [-0.4, -0.2) is 38.1 Å². The van der Waals surface area contributed by atoms with Crippen molar-refractivity contribution < 1.29 is 18.5 Å². The Bertz CT molecular complexity index is 774. The second kappa shape index (κ2) is 8.01. The molecule has 26 heavy (non-hydrogen) atoms. The van der Waals surface area contributed by atoms with Gasteiger partial charge in [0.1, 0.15) is 17.3 Å². The van der Waals surface area contributed by atoms with Crippen molar-refractivity contribution in [2.24, 2.45) is 0 Å². The van der Waals surface area contributed by atoms with Crippen molar-refractivity contribution >= 4 is 28.9 Å². The third-order valence-corrected chi connectivity index (χ3v) is 5.03. The number of nitrogens with one attached hydrogen (secondary N) is 2. The van der Waals surface area contributed by atoms with Gasteiger partial charge in [-0.1, -0.05) is 23.7 Å². The van der Waals surface area contributed by atoms with E-state index in [9.17, 15) is 13.6 Å². The molecule has 1 fully saturated rings. The molecular weight excluding hydrogens is 360 g/mol. The van der Waals surface area contributed by atoms with Crippen LogP contribution in [0.4, 0.5) is 20.2 Å². The van der Waals surface area contributed by atoms with Crippen LogP contribution < -0.4 is 15.1 Å². The fourth-order valence-electron chi connectivity index (χ4n) is 3.19. The fraction of sp³-hybridized carbons (Fsp3) is 0.316. The maximum absolute atomic E-state index is 13.7. The summed E-state index contributed by atoms with van der Waals surface area (Å²) in [5.74, 6) is -1.93. The van der Waals surface area contributed by atoms with E-state index in [4.69, 9.17) is 11.6 Å². The summed E-state index contributed by atoms with van der Waals surface area (Å²) in [5.41, 5.74) is 0.670. The predicted octanol–water partition coefficient (Wildman–Crippen LogP) is 2.35. The number of hydrogen-bond donors (Lipinski definition) is 2. The summed E-state index contributed by atoms with van der Waals surface area (Å²) >= 11 is 6.04. The van der Waals surface area contributed by atoms with Crippen molar-refractivity contribution in [3.8, 4) is 0 Å². The molecule has 138 valence electrons. The molecule has 0 aromatic heterocycles. The number of quaternary nitrogens is 1. The third kappa shape index (κ3) is 4.14. The van der Waals surface area contributed by atoms with Gasteiger partial charge in [-0.2, -0.15) is 0 Å². The molecule has 0 saturated carbocycles. The van der Waals surface area contributed by atoms with Gasteiger partial charge in [-0.25, -0.2) is 8.78 Å². The van der Waals surface area contributed by atoms with Gasteiger partial charge < -0.3 is 15.1 Å². The number of rotatable bonds is 4. The largest absolute Gasteiger partial charge is 0.360 e. The highest BCUT2D eigenvalue weighted by atomic mass is 35.5. The molecule has 0 spiro atoms. The van der Waals surface area contributed by atoms with E-state index in [1.54, 1.807) is 6.92 Å². The lowest BCUT2D eigenvalue weighted by atomic mass is 10.2. The van der Waals surface area contributed by atoms with Crippen LogP contribution in [0.25, 0.3) is 0 Å². The highest BCUT2D eigenvalue weighted by Gasteiger charge is 2.30. The third-order valence-electron chi connectivity index (χ3n) is 4.80. The van der Waals surface area contributed by atoms with E-state index in [2.05, 4.69) is 10.2 Å². The lowest BCUT2D eigenvalue weighted by molar-refractivity contribution is -0.914. The van der Waals surface area contributed by atoms with E-state index in [1.807, 2.05) is 24.3 Å². The number of piperazine rings is 1. The molecule has 4 nitrogen and oxygen atoms in total. The van der Waals surface area contributed by atoms with Gasteiger partial charge in [-0.3, -0.25) is 4.79 Å². The summed E-state index contributed by atoms with van der Waals surface area (Å²) in [6.45, 7) is 4.84. The number of nitrogens with zero attached hydrogens (tertiary/aromatic N) is 1. The molecule has 1 saturated heterocycles. The first-order chi connectivity index (χ1) is 12.5. The SMILES string of the molecule is C[C@H](C(=O)Nc1c(F)cccc1F)[NH+]1CCN(c2cccc(Cl)c2)CC1. The van der Waals surface area contributed by atoms with Crippen molar-refractivity contribution in [3.63, 3.8) is 0 Å². The maximum Gasteiger partial charge on any atom is 0.282 e. The lowest BCUT2D eigenvalue weighted by Gasteiger charge is -2.36. The lowest BCUT2D eigenvalue weighted by Crippen LogP contribution is -3.19. The van der Waals surface area contributed by atoms with Crippen LogP contribution in [0, 0.1) is 11.6 Å². The summed E-state index contributed by atoms with van der Waals surface area (Å²) in [4.78, 5) is 15.7. The zero-order valence-electron chi connectivity index (χ0n) is 14.4. The van der Waals surface area contributed by atoms with E-state index in [-0.39, 0.29) is 11.6 Å². The molecule has 7 heteroatoms. The molecule has 0 unspecified atom stereocenters. The Morgan fingerprint density at radius 2 is 1.77 bits per heavy atom. The van der Waals surface area contributed by atoms with Crippen LogP contribution in [0.15, 0.2) is 42.5 Å². The van der Waals surface area contributed by atoms with Gasteiger partial charge in [0.25, 0.3) is 5.91 Å². The molecule has 0 aliphatic carbocycles. The number of carbonyl (C=O) groups excluding carboxylic acids is 1. The van der Waals surface area contributed by atoms with Crippen LogP contribution in [0.5, 0.6) is 0 Å². The van der Waals surface area contributed by atoms with Gasteiger partial charge in [-0.15, -0.1) is 0 Å². The predicted molar refractivity (Wildman–Crippen MR) is 98.8 cm³/mol. The minimum absolute atomic E-state index is 0.388. The van der Waals surface area contributed by atoms with Crippen molar-refractivity contribution in [1.29, 1.82) is 0 Å². The van der Waals surface area contributed by atoms with Gasteiger partial charge in [-0.05, 0) is 37.3 Å². The molecular formula is C19H21ClF2N3O+. The number of amides is 1. The minimum Gasteiger partial charge on any atom is -0.360 e. The summed E-state index contributed by atoms with van der Waals surface area (Å²) in [7, 11) is 0. The zero-order valence-corrected chi connectivity index (χ0v) is 15.2. The van der Waals surface area contributed by atoms with Crippen LogP contribution in [0.2, 0.25) is 5.02 Å². The molecule has 1 aliphatic rings. The van der Waals surface area contributed by atoms with Crippen molar-refractivity contribution in [3.05, 3.63) is 59.1 Å². The average Bonchev–Trinajstić information content (AvgIpc) is 2.64. The molecule has 0 radical (unpaired) electrons. The summed E-state index contributed by atoms with van der Waals surface area (Å²) in [5, 5.41) is 3.08. The van der Waals surface area contributed by atoms with Crippen LogP contribution in [0.1, 0.15) is 6.92 Å². The van der Waals surface area contributed by atoms with E-state index >= 15 is 0 Å². The Balaban J connectivity index is 1.59. The maximum atomic E-state index is 13.7. The first-order valence-electron chi connectivity index (χ1n) is 8.55. The van der Waals surface area contributed by atoms with Crippen LogP contribution in [0.3, 0.4) is 0 Å². The number of anilines is 2. The van der Waals surface area contributed by atoms with Crippen LogP contribution in [-0.2, 0) is 4.79 Å². The Morgan fingerprint density at radius 1 is 1.15 bits per heavy atom. The van der Waals surface area contributed by atoms with E-state index < -0.39 is 17.7 Å². The number of para-hydroxylation sites is 1. The van der Waals surface area contributed by atoms with E-state index in [0.717, 1.165) is 48.9 Å². The second-order valence-corrected chi connectivity index (χ2v) is 6.87. The molecule has 2 aromatic carbocycles. The number of halogens is 3. The Kier molecular flexibility index (Phi) is 5.74. The monoisotopic (exact) mass is 380 g/mol. The molecule has 1 heterocycles.